The molecule has 1 aromatic heterocycles. The van der Waals surface area contributed by atoms with Crippen LogP contribution < -0.4 is 4.74 Å². The summed E-state index contributed by atoms with van der Waals surface area (Å²) in [4.78, 5) is 0. The molecular weight excluding hydrogens is 208 g/mol. The Kier molecular flexibility index (Phi) is 2.78. The zero-order valence-corrected chi connectivity index (χ0v) is 9.07. The summed E-state index contributed by atoms with van der Waals surface area (Å²) < 4.78 is 7.04. The first kappa shape index (κ1) is 9.86. The molecule has 0 atom stereocenters. The number of ether oxygens (including phenoxy) is 1. The number of hydrogen-bond donors (Lipinski definition) is 0. The van der Waals surface area contributed by atoms with Crippen molar-refractivity contribution in [1.82, 2.24) is 9.78 Å². The van der Waals surface area contributed by atoms with E-state index in [9.17, 15) is 0 Å². The van der Waals surface area contributed by atoms with Crippen molar-refractivity contribution < 1.29 is 4.74 Å². The van der Waals surface area contributed by atoms with Crippen molar-refractivity contribution in [2.24, 2.45) is 0 Å². The maximum atomic E-state index is 5.52. The van der Waals surface area contributed by atoms with Gasteiger partial charge in [0, 0.05) is 12.4 Å². The molecule has 0 aliphatic carbocycles. The van der Waals surface area contributed by atoms with Gasteiger partial charge in [0.1, 0.15) is 5.75 Å². The van der Waals surface area contributed by atoms with Gasteiger partial charge in [-0.15, -0.1) is 0 Å². The van der Waals surface area contributed by atoms with Gasteiger partial charge >= 0.3 is 0 Å². The fourth-order valence-electron chi connectivity index (χ4n) is 1.19. The Balaban J connectivity index is 2.17. The molecule has 0 amide bonds. The Morgan fingerprint density at radius 2 is 2.13 bits per heavy atom. The fourth-order valence-corrected chi connectivity index (χ4v) is 1.39. The lowest BCUT2D eigenvalue weighted by Gasteiger charge is -2.08. The Bertz CT molecular complexity index is 465. The molecular formula is C11H10N2OS. The van der Waals surface area contributed by atoms with Gasteiger partial charge in [0.2, 0.25) is 0 Å². The summed E-state index contributed by atoms with van der Waals surface area (Å²) >= 11 is 5.09. The van der Waals surface area contributed by atoms with Crippen LogP contribution in [-0.4, -0.2) is 15.0 Å². The van der Waals surface area contributed by atoms with E-state index < -0.39 is 0 Å². The van der Waals surface area contributed by atoms with Crippen molar-refractivity contribution in [3.63, 3.8) is 0 Å². The predicted molar refractivity (Wildman–Crippen MR) is 62.0 cm³/mol. The van der Waals surface area contributed by atoms with Crippen molar-refractivity contribution in [3.05, 3.63) is 48.3 Å². The highest BCUT2D eigenvalue weighted by atomic mass is 32.1. The Labute approximate surface area is 93.3 Å². The van der Waals surface area contributed by atoms with Crippen LogP contribution in [0.3, 0.4) is 0 Å². The highest BCUT2D eigenvalue weighted by Crippen LogP contribution is 2.16. The predicted octanol–water partition coefficient (Wildman–Crippen LogP) is 2.40. The van der Waals surface area contributed by atoms with Crippen LogP contribution in [0.4, 0.5) is 0 Å². The van der Waals surface area contributed by atoms with E-state index in [-0.39, 0.29) is 0 Å². The molecule has 15 heavy (non-hydrogen) atoms. The molecule has 0 saturated carbocycles. The van der Waals surface area contributed by atoms with Gasteiger partial charge in [0.15, 0.2) is 0 Å². The van der Waals surface area contributed by atoms with Crippen molar-refractivity contribution in [2.45, 2.75) is 6.92 Å². The second-order valence-corrected chi connectivity index (χ2v) is 3.43. The largest absolute Gasteiger partial charge is 0.430 e. The van der Waals surface area contributed by atoms with E-state index in [1.54, 1.807) is 18.5 Å². The van der Waals surface area contributed by atoms with Crippen LogP contribution in [0.2, 0.25) is 0 Å². The molecule has 1 heterocycles. The van der Waals surface area contributed by atoms with E-state index in [0.29, 0.717) is 5.17 Å². The highest BCUT2D eigenvalue weighted by molar-refractivity contribution is 7.80. The molecule has 0 N–H and O–H groups in total. The van der Waals surface area contributed by atoms with Gasteiger partial charge in [-0.2, -0.15) is 9.78 Å². The fraction of sp³-hybridized carbons (Fsp3) is 0.0909. The third kappa shape index (κ3) is 2.22. The first-order chi connectivity index (χ1) is 7.27. The summed E-state index contributed by atoms with van der Waals surface area (Å²) in [6.45, 7) is 1.97. The standard InChI is InChI=1S/C11H10N2OS/c1-9-5-2-3-6-10(9)14-11(15)13-8-4-7-12-13/h2-8H,1H3. The summed E-state index contributed by atoms with van der Waals surface area (Å²) in [7, 11) is 0. The zero-order chi connectivity index (χ0) is 10.7. The number of para-hydroxylation sites is 1. The molecule has 0 fully saturated rings. The van der Waals surface area contributed by atoms with Crippen LogP contribution in [0, 0.1) is 6.92 Å². The van der Waals surface area contributed by atoms with E-state index in [0.717, 1.165) is 11.3 Å². The smallest absolute Gasteiger partial charge is 0.290 e. The van der Waals surface area contributed by atoms with Crippen molar-refractivity contribution in [2.75, 3.05) is 0 Å². The van der Waals surface area contributed by atoms with E-state index in [4.69, 9.17) is 17.0 Å². The molecule has 0 radical (unpaired) electrons. The minimum absolute atomic E-state index is 0.328. The number of aryl methyl sites for hydroxylation is 1. The molecule has 0 aliphatic rings. The number of rotatable bonds is 1. The SMILES string of the molecule is Cc1ccccc1OC(=S)n1cccn1. The average molecular weight is 218 g/mol. The summed E-state index contributed by atoms with van der Waals surface area (Å²) in [6, 6.07) is 9.52. The van der Waals surface area contributed by atoms with Gasteiger partial charge in [-0.05, 0) is 36.8 Å². The van der Waals surface area contributed by atoms with Crippen LogP contribution >= 0.6 is 12.2 Å². The number of thiocarbonyl (C=S) groups is 1. The average Bonchev–Trinajstić information content (AvgIpc) is 2.74. The topological polar surface area (TPSA) is 27.1 Å². The number of benzene rings is 1. The molecule has 1 aromatic carbocycles. The minimum atomic E-state index is 0.328. The van der Waals surface area contributed by atoms with Crippen molar-refractivity contribution >= 4 is 17.4 Å². The summed E-state index contributed by atoms with van der Waals surface area (Å²) in [5, 5.41) is 4.32. The Hall–Kier alpha value is -1.68. The quantitative estimate of drug-likeness (QED) is 0.688. The van der Waals surface area contributed by atoms with Crippen molar-refractivity contribution in [3.8, 4) is 5.75 Å². The number of nitrogens with zero attached hydrogens (tertiary/aromatic N) is 2. The maximum Gasteiger partial charge on any atom is 0.290 e. The van der Waals surface area contributed by atoms with Gasteiger partial charge < -0.3 is 4.74 Å². The van der Waals surface area contributed by atoms with Gasteiger partial charge in [-0.1, -0.05) is 18.2 Å². The van der Waals surface area contributed by atoms with E-state index >= 15 is 0 Å². The first-order valence-electron chi connectivity index (χ1n) is 4.55. The van der Waals surface area contributed by atoms with Gasteiger partial charge in [-0.25, -0.2) is 0 Å². The molecule has 0 unspecified atom stereocenters. The molecule has 3 nitrogen and oxygen atoms in total. The van der Waals surface area contributed by atoms with Gasteiger partial charge in [-0.3, -0.25) is 0 Å². The van der Waals surface area contributed by atoms with Crippen LogP contribution in [-0.2, 0) is 0 Å². The second kappa shape index (κ2) is 4.23. The van der Waals surface area contributed by atoms with E-state index in [2.05, 4.69) is 5.10 Å². The Morgan fingerprint density at radius 3 is 2.80 bits per heavy atom. The Morgan fingerprint density at radius 1 is 1.33 bits per heavy atom. The lowest BCUT2D eigenvalue weighted by atomic mass is 10.2. The molecule has 76 valence electrons. The molecule has 2 rings (SSSR count). The minimum Gasteiger partial charge on any atom is -0.430 e. The molecule has 0 spiro atoms. The molecule has 0 aliphatic heterocycles. The summed E-state index contributed by atoms with van der Waals surface area (Å²) in [5.74, 6) is 0.762. The van der Waals surface area contributed by atoms with Gasteiger partial charge in [0.05, 0.1) is 0 Å². The van der Waals surface area contributed by atoms with E-state index in [1.165, 1.54) is 4.68 Å². The van der Waals surface area contributed by atoms with Crippen LogP contribution in [0.15, 0.2) is 42.7 Å². The van der Waals surface area contributed by atoms with E-state index in [1.807, 2.05) is 31.2 Å². The van der Waals surface area contributed by atoms with Crippen molar-refractivity contribution in [1.29, 1.82) is 0 Å². The molecule has 2 aromatic rings. The van der Waals surface area contributed by atoms with Crippen LogP contribution in [0.5, 0.6) is 5.75 Å². The second-order valence-electron chi connectivity index (χ2n) is 3.08. The number of aromatic nitrogens is 2. The normalized spacial score (nSPS) is 9.93. The maximum absolute atomic E-state index is 5.52. The zero-order valence-electron chi connectivity index (χ0n) is 8.25. The molecule has 0 saturated heterocycles. The third-order valence-electron chi connectivity index (χ3n) is 1.98. The van der Waals surface area contributed by atoms with Crippen LogP contribution in [0.1, 0.15) is 5.56 Å². The summed E-state index contributed by atoms with van der Waals surface area (Å²) in [6.07, 6.45) is 3.41. The first-order valence-corrected chi connectivity index (χ1v) is 4.95. The highest BCUT2D eigenvalue weighted by Gasteiger charge is 2.04. The third-order valence-corrected chi connectivity index (χ3v) is 2.25. The van der Waals surface area contributed by atoms with Gasteiger partial charge in [0.25, 0.3) is 5.17 Å². The lowest BCUT2D eigenvalue weighted by Crippen LogP contribution is -2.17. The lowest BCUT2D eigenvalue weighted by molar-refractivity contribution is 0.525. The molecule has 0 bridgehead atoms. The summed E-state index contributed by atoms with van der Waals surface area (Å²) in [5.41, 5.74) is 1.05. The monoisotopic (exact) mass is 218 g/mol. The van der Waals surface area contributed by atoms with Crippen LogP contribution in [0.25, 0.3) is 0 Å². The molecule has 4 heteroatoms. The number of hydrogen-bond acceptors (Lipinski definition) is 3.